The second kappa shape index (κ2) is 28.8. The number of thiocarbonyl (C=S) groups is 1. The molecule has 0 unspecified atom stereocenters. The van der Waals surface area contributed by atoms with Gasteiger partial charge < -0.3 is 35.1 Å². The summed E-state index contributed by atoms with van der Waals surface area (Å²) in [6, 6.07) is 31.9. The van der Waals surface area contributed by atoms with Crippen molar-refractivity contribution in [3.05, 3.63) is 165 Å². The number of anilines is 1. The predicted molar refractivity (Wildman–Crippen MR) is 300 cm³/mol. The molecule has 0 saturated carbocycles. The SMILES string of the molecule is Cc1ccc(C(=O)N(CCCNC(=O)CCOCCOCCOCCN2CCN(S(=O)(=O)c3ccc(NC(=S)NCc4cccnc4)cc3)CC2)[C@@H](c2nc3cc(Cl)ccc3c(=O)n2Cc2ccccc2)C(C)C)cc1. The van der Waals surface area contributed by atoms with E-state index in [-0.39, 0.29) is 54.3 Å². The Balaban J connectivity index is 0.781. The van der Waals surface area contributed by atoms with Gasteiger partial charge in [0.1, 0.15) is 5.82 Å². The maximum Gasteiger partial charge on any atom is 0.261 e. The number of rotatable bonds is 27. The minimum Gasteiger partial charge on any atom is -0.379 e. The summed E-state index contributed by atoms with van der Waals surface area (Å²) in [5, 5.41) is 10.5. The zero-order valence-electron chi connectivity index (χ0n) is 43.4. The maximum atomic E-state index is 14.5. The molecule has 0 bridgehead atoms. The summed E-state index contributed by atoms with van der Waals surface area (Å²) in [6.45, 7) is 12.2. The smallest absolute Gasteiger partial charge is 0.261 e. The van der Waals surface area contributed by atoms with Crippen molar-refractivity contribution in [2.45, 2.75) is 57.6 Å². The van der Waals surface area contributed by atoms with E-state index in [1.807, 2.05) is 87.5 Å². The molecular weight excluding hydrogens is 1030 g/mol. The van der Waals surface area contributed by atoms with Crippen LogP contribution in [0.2, 0.25) is 5.02 Å². The van der Waals surface area contributed by atoms with Gasteiger partial charge in [-0.15, -0.1) is 0 Å². The second-order valence-electron chi connectivity index (χ2n) is 18.8. The Bertz CT molecular complexity index is 3000. The van der Waals surface area contributed by atoms with Gasteiger partial charge in [-0.1, -0.05) is 79.5 Å². The Morgan fingerprint density at radius 2 is 1.50 bits per heavy atom. The summed E-state index contributed by atoms with van der Waals surface area (Å²) >= 11 is 11.8. The van der Waals surface area contributed by atoms with Crippen molar-refractivity contribution >= 4 is 67.4 Å². The Kier molecular flexibility index (Phi) is 21.8. The molecule has 7 rings (SSSR count). The molecule has 1 aliphatic rings. The van der Waals surface area contributed by atoms with Crippen LogP contribution in [0.3, 0.4) is 0 Å². The van der Waals surface area contributed by atoms with Crippen molar-refractivity contribution in [3.8, 4) is 0 Å². The molecule has 20 heteroatoms. The van der Waals surface area contributed by atoms with E-state index in [1.165, 1.54) is 4.31 Å². The van der Waals surface area contributed by atoms with Gasteiger partial charge in [0, 0.05) is 87.4 Å². The van der Waals surface area contributed by atoms with Gasteiger partial charge in [0.05, 0.1) is 68.0 Å². The number of amides is 2. The van der Waals surface area contributed by atoms with Crippen LogP contribution in [-0.2, 0) is 42.1 Å². The van der Waals surface area contributed by atoms with Crippen LogP contribution < -0.4 is 21.5 Å². The van der Waals surface area contributed by atoms with Gasteiger partial charge in [-0.3, -0.25) is 28.8 Å². The van der Waals surface area contributed by atoms with E-state index in [9.17, 15) is 22.8 Å². The number of benzene rings is 4. The molecule has 404 valence electrons. The molecule has 0 radical (unpaired) electrons. The molecule has 2 amide bonds. The van der Waals surface area contributed by atoms with E-state index in [0.717, 1.165) is 16.7 Å². The topological polar surface area (TPSA) is 190 Å². The molecule has 76 heavy (non-hydrogen) atoms. The number of pyridine rings is 1. The zero-order chi connectivity index (χ0) is 53.9. The maximum absolute atomic E-state index is 14.5. The highest BCUT2D eigenvalue weighted by Crippen LogP contribution is 2.31. The fourth-order valence-electron chi connectivity index (χ4n) is 8.76. The first-order valence-corrected chi connectivity index (χ1v) is 27.9. The van der Waals surface area contributed by atoms with Gasteiger partial charge in [0.25, 0.3) is 11.5 Å². The summed E-state index contributed by atoms with van der Waals surface area (Å²) < 4.78 is 47.1. The summed E-state index contributed by atoms with van der Waals surface area (Å²) in [6.07, 6.45) is 4.08. The van der Waals surface area contributed by atoms with Crippen LogP contribution in [0.4, 0.5) is 5.69 Å². The van der Waals surface area contributed by atoms with Crippen LogP contribution in [0.1, 0.15) is 65.6 Å². The molecule has 6 aromatic rings. The summed E-state index contributed by atoms with van der Waals surface area (Å²) in [5.41, 5.74) is 4.36. The van der Waals surface area contributed by atoms with E-state index in [2.05, 4.69) is 25.8 Å². The van der Waals surface area contributed by atoms with Crippen LogP contribution in [0.25, 0.3) is 10.9 Å². The third kappa shape index (κ3) is 16.7. The number of piperazine rings is 1. The van der Waals surface area contributed by atoms with Gasteiger partial charge in [-0.05, 0) is 103 Å². The first kappa shape index (κ1) is 57.5. The Hall–Kier alpha value is -6.16. The number of fused-ring (bicyclic) bond motifs is 1. The molecule has 3 heterocycles. The lowest BCUT2D eigenvalue weighted by molar-refractivity contribution is -0.122. The third-order valence-electron chi connectivity index (χ3n) is 12.8. The van der Waals surface area contributed by atoms with E-state index in [1.54, 1.807) is 64.3 Å². The number of carbonyl (C=O) groups is 2. The summed E-state index contributed by atoms with van der Waals surface area (Å²) in [5.74, 6) is -0.0800. The zero-order valence-corrected chi connectivity index (χ0v) is 45.8. The number of carbonyl (C=O) groups excluding carboxylic acids is 2. The molecule has 3 N–H and O–H groups in total. The Morgan fingerprint density at radius 3 is 2.18 bits per heavy atom. The largest absolute Gasteiger partial charge is 0.379 e. The highest BCUT2D eigenvalue weighted by atomic mass is 35.5. The van der Waals surface area contributed by atoms with Crippen LogP contribution in [-0.4, -0.2) is 139 Å². The second-order valence-corrected chi connectivity index (χ2v) is 21.6. The average Bonchev–Trinajstić information content (AvgIpc) is 3.46. The molecule has 1 fully saturated rings. The Labute approximate surface area is 456 Å². The number of hydrogen-bond acceptors (Lipinski definition) is 12. The van der Waals surface area contributed by atoms with Crippen LogP contribution in [0, 0.1) is 12.8 Å². The predicted octanol–water partition coefficient (Wildman–Crippen LogP) is 7.08. The van der Waals surface area contributed by atoms with Gasteiger partial charge in [-0.2, -0.15) is 4.31 Å². The minimum atomic E-state index is -3.65. The molecule has 1 saturated heterocycles. The summed E-state index contributed by atoms with van der Waals surface area (Å²) in [4.78, 5) is 55.0. The van der Waals surface area contributed by atoms with Crippen molar-refractivity contribution in [2.24, 2.45) is 5.92 Å². The number of nitrogens with zero attached hydrogens (tertiary/aromatic N) is 6. The van der Waals surface area contributed by atoms with Gasteiger partial charge in [0.15, 0.2) is 5.11 Å². The number of hydrogen-bond donors (Lipinski definition) is 3. The quantitative estimate of drug-likeness (QED) is 0.0351. The molecule has 0 aliphatic carbocycles. The minimum absolute atomic E-state index is 0.155. The van der Waals surface area contributed by atoms with Crippen molar-refractivity contribution < 1.29 is 32.2 Å². The van der Waals surface area contributed by atoms with E-state index in [4.69, 9.17) is 43.0 Å². The normalized spacial score (nSPS) is 13.6. The van der Waals surface area contributed by atoms with Crippen LogP contribution in [0.5, 0.6) is 0 Å². The molecule has 4 aromatic carbocycles. The standard InChI is InChI=1S/C56H68ClN9O8S2/c1-41(2)52(53-62-50-37-46(57)16-21-49(50)55(69)66(53)40-43-9-5-4-6-10-43)65(54(68)45-14-12-42(3)13-15-45)25-8-24-59-51(67)22-31-72-33-35-74-36-34-73-32-30-63-26-28-64(29-27-63)76(70,71)48-19-17-47(18-20-48)61-56(75)60-39-44-11-7-23-58-38-44/h4-7,9-21,23,37-38,41,52H,8,22,24-36,39-40H2,1-3H3,(H,59,67)(H2,60,61,75)/t52-/m1/s1. The fourth-order valence-corrected chi connectivity index (χ4v) is 10.5. The number of nitrogens with one attached hydrogen (secondary N) is 3. The van der Waals surface area contributed by atoms with Crippen molar-refractivity contribution in [2.75, 3.05) is 90.8 Å². The monoisotopic (exact) mass is 1090 g/mol. The van der Waals surface area contributed by atoms with Gasteiger partial charge >= 0.3 is 0 Å². The summed E-state index contributed by atoms with van der Waals surface area (Å²) in [7, 11) is -3.65. The number of halogens is 1. The molecule has 1 atom stereocenters. The molecule has 1 aliphatic heterocycles. The van der Waals surface area contributed by atoms with Gasteiger partial charge in [-0.25, -0.2) is 13.4 Å². The number of ether oxygens (including phenoxy) is 3. The van der Waals surface area contributed by atoms with Gasteiger partial charge in [0.2, 0.25) is 15.9 Å². The van der Waals surface area contributed by atoms with E-state index >= 15 is 0 Å². The highest BCUT2D eigenvalue weighted by molar-refractivity contribution is 7.89. The van der Waals surface area contributed by atoms with Crippen LogP contribution in [0.15, 0.2) is 131 Å². The van der Waals surface area contributed by atoms with Crippen molar-refractivity contribution in [1.29, 1.82) is 0 Å². The highest BCUT2D eigenvalue weighted by Gasteiger charge is 2.33. The molecule has 17 nitrogen and oxygen atoms in total. The number of aryl methyl sites for hydroxylation is 1. The molecule has 0 spiro atoms. The average molecular weight is 1090 g/mol. The lowest BCUT2D eigenvalue weighted by Gasteiger charge is -2.35. The lowest BCUT2D eigenvalue weighted by atomic mass is 9.98. The molecule has 2 aromatic heterocycles. The van der Waals surface area contributed by atoms with E-state index < -0.39 is 16.1 Å². The van der Waals surface area contributed by atoms with Crippen molar-refractivity contribution in [1.82, 2.24) is 39.3 Å². The number of sulfonamides is 1. The first-order valence-electron chi connectivity index (χ1n) is 25.6. The molecular formula is C56H68ClN9O8S2. The van der Waals surface area contributed by atoms with Crippen LogP contribution >= 0.6 is 23.8 Å². The third-order valence-corrected chi connectivity index (χ3v) is 15.2. The van der Waals surface area contributed by atoms with E-state index in [0.29, 0.717) is 123 Å². The lowest BCUT2D eigenvalue weighted by Crippen LogP contribution is -2.49. The fraction of sp³-hybridized carbons (Fsp3) is 0.393. The van der Waals surface area contributed by atoms with Crippen molar-refractivity contribution in [3.63, 3.8) is 0 Å². The Morgan fingerprint density at radius 1 is 0.816 bits per heavy atom. The number of aromatic nitrogens is 3. The first-order chi connectivity index (χ1) is 36.8.